The molecule has 0 saturated heterocycles. The Hall–Kier alpha value is -0.900. The summed E-state index contributed by atoms with van der Waals surface area (Å²) in [6.45, 7) is 4.98. The van der Waals surface area contributed by atoms with E-state index in [0.29, 0.717) is 0 Å². The van der Waals surface area contributed by atoms with Crippen molar-refractivity contribution in [3.63, 3.8) is 0 Å². The number of aromatic nitrogens is 1. The van der Waals surface area contributed by atoms with Crippen LogP contribution in [0.1, 0.15) is 54.9 Å². The van der Waals surface area contributed by atoms with Gasteiger partial charge < -0.3 is 5.32 Å². The van der Waals surface area contributed by atoms with Gasteiger partial charge in [0, 0.05) is 6.54 Å². The SMILES string of the molecule is CCCCCCNC(=O)c1scnc1CC. The fourth-order valence-corrected chi connectivity index (χ4v) is 2.34. The van der Waals surface area contributed by atoms with Gasteiger partial charge in [0.1, 0.15) is 4.88 Å². The summed E-state index contributed by atoms with van der Waals surface area (Å²) in [5.74, 6) is 0.0378. The molecule has 0 saturated carbocycles. The number of hydrogen-bond donors (Lipinski definition) is 1. The van der Waals surface area contributed by atoms with Crippen molar-refractivity contribution in [2.24, 2.45) is 0 Å². The first-order valence-corrected chi connectivity index (χ1v) is 6.88. The maximum Gasteiger partial charge on any atom is 0.263 e. The highest BCUT2D eigenvalue weighted by atomic mass is 32.1. The lowest BCUT2D eigenvalue weighted by molar-refractivity contribution is 0.0956. The Labute approximate surface area is 101 Å². The van der Waals surface area contributed by atoms with Gasteiger partial charge in [-0.25, -0.2) is 4.98 Å². The molecule has 0 aromatic carbocycles. The first-order chi connectivity index (χ1) is 7.79. The highest BCUT2D eigenvalue weighted by Crippen LogP contribution is 2.13. The summed E-state index contributed by atoms with van der Waals surface area (Å²) in [6, 6.07) is 0. The van der Waals surface area contributed by atoms with Crippen LogP contribution in [-0.4, -0.2) is 17.4 Å². The number of carbonyl (C=O) groups excluding carboxylic acids is 1. The van der Waals surface area contributed by atoms with Crippen molar-refractivity contribution in [1.29, 1.82) is 0 Å². The normalized spacial score (nSPS) is 10.4. The molecular formula is C12H20N2OS. The van der Waals surface area contributed by atoms with Gasteiger partial charge in [-0.15, -0.1) is 11.3 Å². The monoisotopic (exact) mass is 240 g/mol. The van der Waals surface area contributed by atoms with E-state index in [1.54, 1.807) is 5.51 Å². The number of carbonyl (C=O) groups is 1. The molecule has 0 spiro atoms. The maximum atomic E-state index is 11.8. The van der Waals surface area contributed by atoms with Crippen molar-refractivity contribution in [2.75, 3.05) is 6.54 Å². The van der Waals surface area contributed by atoms with Crippen LogP contribution in [0.5, 0.6) is 0 Å². The minimum atomic E-state index is 0.0378. The van der Waals surface area contributed by atoms with E-state index in [1.807, 2.05) is 6.92 Å². The molecule has 0 aliphatic carbocycles. The van der Waals surface area contributed by atoms with Crippen LogP contribution >= 0.6 is 11.3 Å². The van der Waals surface area contributed by atoms with Gasteiger partial charge in [-0.3, -0.25) is 4.79 Å². The van der Waals surface area contributed by atoms with Crippen molar-refractivity contribution in [3.8, 4) is 0 Å². The minimum Gasteiger partial charge on any atom is -0.351 e. The molecule has 0 unspecified atom stereocenters. The zero-order valence-electron chi connectivity index (χ0n) is 10.1. The Morgan fingerprint density at radius 2 is 2.19 bits per heavy atom. The van der Waals surface area contributed by atoms with Gasteiger partial charge >= 0.3 is 0 Å². The Bertz CT molecular complexity index is 323. The number of thiazole rings is 1. The van der Waals surface area contributed by atoms with E-state index >= 15 is 0 Å². The lowest BCUT2D eigenvalue weighted by atomic mass is 10.2. The molecule has 1 aromatic heterocycles. The summed E-state index contributed by atoms with van der Waals surface area (Å²) < 4.78 is 0. The number of nitrogens with one attached hydrogen (secondary N) is 1. The fourth-order valence-electron chi connectivity index (χ4n) is 1.54. The van der Waals surface area contributed by atoms with E-state index in [2.05, 4.69) is 17.2 Å². The third-order valence-electron chi connectivity index (χ3n) is 2.50. The van der Waals surface area contributed by atoms with Gasteiger partial charge in [0.15, 0.2) is 0 Å². The molecular weight excluding hydrogens is 220 g/mol. The largest absolute Gasteiger partial charge is 0.351 e. The molecule has 1 heterocycles. The lowest BCUT2D eigenvalue weighted by Gasteiger charge is -2.04. The van der Waals surface area contributed by atoms with Gasteiger partial charge in [-0.1, -0.05) is 33.1 Å². The molecule has 0 aliphatic heterocycles. The topological polar surface area (TPSA) is 42.0 Å². The predicted octanol–water partition coefficient (Wildman–Crippen LogP) is 3.02. The second kappa shape index (κ2) is 7.39. The van der Waals surface area contributed by atoms with Crippen LogP contribution in [0.3, 0.4) is 0 Å². The molecule has 1 aromatic rings. The number of rotatable bonds is 7. The van der Waals surface area contributed by atoms with E-state index < -0.39 is 0 Å². The van der Waals surface area contributed by atoms with E-state index in [4.69, 9.17) is 0 Å². The predicted molar refractivity (Wildman–Crippen MR) is 68.0 cm³/mol. The van der Waals surface area contributed by atoms with Gasteiger partial charge in [-0.05, 0) is 12.8 Å². The van der Waals surface area contributed by atoms with Crippen LogP contribution in [-0.2, 0) is 6.42 Å². The quantitative estimate of drug-likeness (QED) is 0.744. The van der Waals surface area contributed by atoms with Crippen LogP contribution in [0.15, 0.2) is 5.51 Å². The molecule has 1 amide bonds. The van der Waals surface area contributed by atoms with Crippen molar-refractivity contribution in [2.45, 2.75) is 46.0 Å². The van der Waals surface area contributed by atoms with Crippen molar-refractivity contribution in [1.82, 2.24) is 10.3 Å². The van der Waals surface area contributed by atoms with Gasteiger partial charge in [0.05, 0.1) is 11.2 Å². The average molecular weight is 240 g/mol. The molecule has 16 heavy (non-hydrogen) atoms. The lowest BCUT2D eigenvalue weighted by Crippen LogP contribution is -2.24. The summed E-state index contributed by atoms with van der Waals surface area (Å²) in [5, 5.41) is 2.95. The van der Waals surface area contributed by atoms with Crippen molar-refractivity contribution < 1.29 is 4.79 Å². The smallest absolute Gasteiger partial charge is 0.263 e. The summed E-state index contributed by atoms with van der Waals surface area (Å²) in [6.07, 6.45) is 5.56. The standard InChI is InChI=1S/C12H20N2OS/c1-3-5-6-7-8-13-12(15)11-10(4-2)14-9-16-11/h9H,3-8H2,1-2H3,(H,13,15). The fraction of sp³-hybridized carbons (Fsp3) is 0.667. The van der Waals surface area contributed by atoms with Crippen LogP contribution < -0.4 is 5.32 Å². The second-order valence-corrected chi connectivity index (χ2v) is 4.65. The zero-order valence-corrected chi connectivity index (χ0v) is 10.9. The first kappa shape index (κ1) is 13.2. The summed E-state index contributed by atoms with van der Waals surface area (Å²) in [5.41, 5.74) is 2.65. The third kappa shape index (κ3) is 3.93. The van der Waals surface area contributed by atoms with E-state index in [1.165, 1.54) is 30.6 Å². The molecule has 4 heteroatoms. The van der Waals surface area contributed by atoms with E-state index in [9.17, 15) is 4.79 Å². The van der Waals surface area contributed by atoms with Gasteiger partial charge in [0.25, 0.3) is 5.91 Å². The Morgan fingerprint density at radius 3 is 2.88 bits per heavy atom. The Morgan fingerprint density at radius 1 is 1.38 bits per heavy atom. The molecule has 0 bridgehead atoms. The van der Waals surface area contributed by atoms with Crippen LogP contribution in [0, 0.1) is 0 Å². The van der Waals surface area contributed by atoms with Gasteiger partial charge in [0.2, 0.25) is 0 Å². The molecule has 0 radical (unpaired) electrons. The summed E-state index contributed by atoms with van der Waals surface area (Å²) >= 11 is 1.43. The highest BCUT2D eigenvalue weighted by molar-refractivity contribution is 7.11. The van der Waals surface area contributed by atoms with Crippen molar-refractivity contribution >= 4 is 17.2 Å². The zero-order chi connectivity index (χ0) is 11.8. The Kier molecular flexibility index (Phi) is 6.08. The molecule has 1 N–H and O–H groups in total. The number of amides is 1. The van der Waals surface area contributed by atoms with Crippen LogP contribution in [0.2, 0.25) is 0 Å². The van der Waals surface area contributed by atoms with E-state index in [-0.39, 0.29) is 5.91 Å². The maximum absolute atomic E-state index is 11.8. The molecule has 0 fully saturated rings. The van der Waals surface area contributed by atoms with Crippen LogP contribution in [0.4, 0.5) is 0 Å². The molecule has 90 valence electrons. The summed E-state index contributed by atoms with van der Waals surface area (Å²) in [7, 11) is 0. The third-order valence-corrected chi connectivity index (χ3v) is 3.37. The average Bonchev–Trinajstić information content (AvgIpc) is 2.76. The molecule has 0 aliphatic rings. The minimum absolute atomic E-state index is 0.0378. The first-order valence-electron chi connectivity index (χ1n) is 6.00. The number of nitrogens with zero attached hydrogens (tertiary/aromatic N) is 1. The highest BCUT2D eigenvalue weighted by Gasteiger charge is 2.12. The molecule has 3 nitrogen and oxygen atoms in total. The number of hydrogen-bond acceptors (Lipinski definition) is 3. The van der Waals surface area contributed by atoms with Gasteiger partial charge in [-0.2, -0.15) is 0 Å². The Balaban J connectivity index is 2.30. The molecule has 1 rings (SSSR count). The number of aryl methyl sites for hydroxylation is 1. The number of unbranched alkanes of at least 4 members (excludes halogenated alkanes) is 3. The van der Waals surface area contributed by atoms with Crippen molar-refractivity contribution in [3.05, 3.63) is 16.1 Å². The summed E-state index contributed by atoms with van der Waals surface area (Å²) in [4.78, 5) is 16.7. The van der Waals surface area contributed by atoms with E-state index in [0.717, 1.165) is 30.0 Å². The molecule has 0 atom stereocenters. The van der Waals surface area contributed by atoms with Crippen LogP contribution in [0.25, 0.3) is 0 Å². The second-order valence-electron chi connectivity index (χ2n) is 3.80.